The lowest BCUT2D eigenvalue weighted by atomic mass is 9.96. The first kappa shape index (κ1) is 14.3. The average Bonchev–Trinajstić information content (AvgIpc) is 2.87. The highest BCUT2D eigenvalue weighted by atomic mass is 16.2. The van der Waals surface area contributed by atoms with Gasteiger partial charge in [0.25, 0.3) is 0 Å². The lowest BCUT2D eigenvalue weighted by Gasteiger charge is -2.17. The maximum absolute atomic E-state index is 11.7. The zero-order chi connectivity index (χ0) is 14.6. The summed E-state index contributed by atoms with van der Waals surface area (Å²) in [7, 11) is 0. The van der Waals surface area contributed by atoms with Crippen LogP contribution in [0.2, 0.25) is 0 Å². The van der Waals surface area contributed by atoms with E-state index in [4.69, 9.17) is 0 Å². The highest BCUT2D eigenvalue weighted by molar-refractivity contribution is 5.81. The van der Waals surface area contributed by atoms with Crippen LogP contribution in [-0.2, 0) is 11.3 Å². The summed E-state index contributed by atoms with van der Waals surface area (Å²) in [4.78, 5) is 11.7. The lowest BCUT2D eigenvalue weighted by molar-refractivity contribution is -0.128. The van der Waals surface area contributed by atoms with Gasteiger partial charge in [-0.3, -0.25) is 9.48 Å². The molecule has 1 aromatic heterocycles. The second-order valence-electron chi connectivity index (χ2n) is 5.86. The van der Waals surface area contributed by atoms with E-state index < -0.39 is 0 Å². The molecular formula is C16H21N3O. The summed E-state index contributed by atoms with van der Waals surface area (Å²) < 4.78 is 1.85. The summed E-state index contributed by atoms with van der Waals surface area (Å²) in [5, 5.41) is 7.24. The Morgan fingerprint density at radius 2 is 1.90 bits per heavy atom. The largest absolute Gasteiger partial charge is 0.354 e. The van der Waals surface area contributed by atoms with Crippen LogP contribution < -0.4 is 5.32 Å². The minimum Gasteiger partial charge on any atom is -0.354 e. The van der Waals surface area contributed by atoms with E-state index in [1.165, 1.54) is 0 Å². The molecule has 0 aliphatic carbocycles. The van der Waals surface area contributed by atoms with E-state index in [-0.39, 0.29) is 11.3 Å². The Hall–Kier alpha value is -2.10. The molecule has 0 fully saturated rings. The monoisotopic (exact) mass is 271 g/mol. The fourth-order valence-electron chi connectivity index (χ4n) is 1.81. The number of hydrogen-bond acceptors (Lipinski definition) is 2. The second-order valence-corrected chi connectivity index (χ2v) is 5.86. The minimum atomic E-state index is -0.348. The summed E-state index contributed by atoms with van der Waals surface area (Å²) in [5.41, 5.74) is 1.89. The summed E-state index contributed by atoms with van der Waals surface area (Å²) in [6.45, 7) is 6.98. The molecule has 0 aliphatic rings. The van der Waals surface area contributed by atoms with Gasteiger partial charge in [0.2, 0.25) is 5.91 Å². The van der Waals surface area contributed by atoms with Crippen LogP contribution >= 0.6 is 0 Å². The minimum absolute atomic E-state index is 0.0629. The van der Waals surface area contributed by atoms with E-state index >= 15 is 0 Å². The Morgan fingerprint density at radius 1 is 1.20 bits per heavy atom. The molecule has 4 heteroatoms. The summed E-state index contributed by atoms with van der Waals surface area (Å²) in [6.07, 6.45) is 3.85. The van der Waals surface area contributed by atoms with Crippen LogP contribution in [0.5, 0.6) is 0 Å². The van der Waals surface area contributed by atoms with Crippen LogP contribution in [-0.4, -0.2) is 22.2 Å². The van der Waals surface area contributed by atoms with E-state index in [0.717, 1.165) is 11.1 Å². The smallest absolute Gasteiger partial charge is 0.225 e. The van der Waals surface area contributed by atoms with E-state index in [9.17, 15) is 4.79 Å². The molecule has 0 bridgehead atoms. The highest BCUT2D eigenvalue weighted by Crippen LogP contribution is 2.17. The van der Waals surface area contributed by atoms with Crippen molar-refractivity contribution in [1.82, 2.24) is 15.1 Å². The van der Waals surface area contributed by atoms with E-state index in [1.54, 1.807) is 0 Å². The van der Waals surface area contributed by atoms with Gasteiger partial charge in [0, 0.05) is 23.7 Å². The van der Waals surface area contributed by atoms with Crippen molar-refractivity contribution in [2.24, 2.45) is 5.41 Å². The number of nitrogens with zero attached hydrogens (tertiary/aromatic N) is 2. The normalized spacial score (nSPS) is 11.3. The Bertz CT molecular complexity index is 567. The van der Waals surface area contributed by atoms with Crippen LogP contribution in [0.25, 0.3) is 11.1 Å². The van der Waals surface area contributed by atoms with Crippen LogP contribution in [0.15, 0.2) is 42.7 Å². The molecule has 2 rings (SSSR count). The number of carbonyl (C=O) groups excluding carboxylic acids is 1. The maximum Gasteiger partial charge on any atom is 0.225 e. The van der Waals surface area contributed by atoms with Gasteiger partial charge < -0.3 is 5.32 Å². The van der Waals surface area contributed by atoms with Gasteiger partial charge in [0.05, 0.1) is 12.7 Å². The standard InChI is InChI=1S/C16H21N3O/c1-16(2,3)15(20)17-9-10-19-12-14(11-18-19)13-7-5-4-6-8-13/h4-8,11-12H,9-10H2,1-3H3,(H,17,20). The van der Waals surface area contributed by atoms with Crippen LogP contribution in [0.1, 0.15) is 20.8 Å². The van der Waals surface area contributed by atoms with Gasteiger partial charge in [0.15, 0.2) is 0 Å². The Morgan fingerprint density at radius 3 is 2.55 bits per heavy atom. The molecule has 106 valence electrons. The molecule has 0 saturated carbocycles. The zero-order valence-corrected chi connectivity index (χ0v) is 12.3. The molecule has 0 saturated heterocycles. The first-order chi connectivity index (χ1) is 9.47. The molecule has 20 heavy (non-hydrogen) atoms. The van der Waals surface area contributed by atoms with Gasteiger partial charge in [0.1, 0.15) is 0 Å². The SMILES string of the molecule is CC(C)(C)C(=O)NCCn1cc(-c2ccccc2)cn1. The van der Waals surface area contributed by atoms with Crippen molar-refractivity contribution in [2.75, 3.05) is 6.54 Å². The predicted octanol–water partition coefficient (Wildman–Crippen LogP) is 2.71. The van der Waals surface area contributed by atoms with Crippen LogP contribution in [0.3, 0.4) is 0 Å². The van der Waals surface area contributed by atoms with Crippen molar-refractivity contribution < 1.29 is 4.79 Å². The third-order valence-corrected chi connectivity index (χ3v) is 3.05. The summed E-state index contributed by atoms with van der Waals surface area (Å²) in [5.74, 6) is 0.0629. The van der Waals surface area contributed by atoms with E-state index in [0.29, 0.717) is 13.1 Å². The number of nitrogens with one attached hydrogen (secondary N) is 1. The maximum atomic E-state index is 11.7. The topological polar surface area (TPSA) is 46.9 Å². The Labute approximate surface area is 119 Å². The van der Waals surface area contributed by atoms with Gasteiger partial charge in [-0.15, -0.1) is 0 Å². The molecule has 0 aliphatic heterocycles. The molecule has 1 heterocycles. The van der Waals surface area contributed by atoms with Crippen molar-refractivity contribution >= 4 is 5.91 Å². The van der Waals surface area contributed by atoms with Crippen molar-refractivity contribution in [3.05, 3.63) is 42.7 Å². The molecule has 2 aromatic rings. The first-order valence-electron chi connectivity index (χ1n) is 6.83. The van der Waals surface area contributed by atoms with Gasteiger partial charge in [-0.05, 0) is 5.56 Å². The van der Waals surface area contributed by atoms with Crippen LogP contribution in [0, 0.1) is 5.41 Å². The van der Waals surface area contributed by atoms with Gasteiger partial charge in [-0.1, -0.05) is 51.1 Å². The average molecular weight is 271 g/mol. The molecule has 1 amide bonds. The molecule has 1 N–H and O–H groups in total. The molecule has 0 spiro atoms. The van der Waals surface area contributed by atoms with E-state index in [1.807, 2.05) is 56.0 Å². The second kappa shape index (κ2) is 5.90. The summed E-state index contributed by atoms with van der Waals surface area (Å²) >= 11 is 0. The van der Waals surface area contributed by atoms with E-state index in [2.05, 4.69) is 22.5 Å². The summed E-state index contributed by atoms with van der Waals surface area (Å²) in [6, 6.07) is 10.1. The van der Waals surface area contributed by atoms with Gasteiger partial charge in [-0.25, -0.2) is 0 Å². The predicted molar refractivity (Wildman–Crippen MR) is 80.1 cm³/mol. The molecule has 4 nitrogen and oxygen atoms in total. The molecule has 0 unspecified atom stereocenters. The fourth-order valence-corrected chi connectivity index (χ4v) is 1.81. The van der Waals surface area contributed by atoms with Crippen LogP contribution in [0.4, 0.5) is 0 Å². The zero-order valence-electron chi connectivity index (χ0n) is 12.3. The molecule has 1 aromatic carbocycles. The third kappa shape index (κ3) is 3.70. The van der Waals surface area contributed by atoms with Crippen molar-refractivity contribution in [1.29, 1.82) is 0 Å². The Kier molecular flexibility index (Phi) is 4.23. The third-order valence-electron chi connectivity index (χ3n) is 3.05. The fraction of sp³-hybridized carbons (Fsp3) is 0.375. The Balaban J connectivity index is 1.90. The number of hydrogen-bond donors (Lipinski definition) is 1. The highest BCUT2D eigenvalue weighted by Gasteiger charge is 2.20. The number of benzene rings is 1. The molecule has 0 radical (unpaired) electrons. The molecule has 0 atom stereocenters. The number of aromatic nitrogens is 2. The number of amides is 1. The first-order valence-corrected chi connectivity index (χ1v) is 6.83. The number of rotatable bonds is 4. The van der Waals surface area contributed by atoms with Gasteiger partial charge >= 0.3 is 0 Å². The number of carbonyl (C=O) groups is 1. The quantitative estimate of drug-likeness (QED) is 0.929. The molecular weight excluding hydrogens is 250 g/mol. The van der Waals surface area contributed by atoms with Gasteiger partial charge in [-0.2, -0.15) is 5.10 Å². The van der Waals surface area contributed by atoms with Crippen molar-refractivity contribution in [3.8, 4) is 11.1 Å². The van der Waals surface area contributed by atoms with Crippen molar-refractivity contribution in [3.63, 3.8) is 0 Å². The lowest BCUT2D eigenvalue weighted by Crippen LogP contribution is -2.36. The van der Waals surface area contributed by atoms with Crippen molar-refractivity contribution in [2.45, 2.75) is 27.3 Å².